The lowest BCUT2D eigenvalue weighted by atomic mass is 10.0. The van der Waals surface area contributed by atoms with Crippen LogP contribution in [0.1, 0.15) is 18.6 Å². The zero-order valence-corrected chi connectivity index (χ0v) is 15.7. The minimum atomic E-state index is -3.11. The first-order valence-electron chi connectivity index (χ1n) is 8.49. The number of piperazine rings is 1. The molecule has 0 saturated carbocycles. The molecule has 2 atom stereocenters. The van der Waals surface area contributed by atoms with E-state index in [1.54, 1.807) is 14.1 Å². The van der Waals surface area contributed by atoms with Crippen molar-refractivity contribution in [1.29, 1.82) is 0 Å². The first kappa shape index (κ1) is 18.3. The van der Waals surface area contributed by atoms with E-state index in [4.69, 9.17) is 4.52 Å². The van der Waals surface area contributed by atoms with Crippen LogP contribution in [0.5, 0.6) is 0 Å². The van der Waals surface area contributed by atoms with Crippen LogP contribution in [0.25, 0.3) is 0 Å². The third-order valence-corrected chi connectivity index (χ3v) is 6.60. The van der Waals surface area contributed by atoms with Crippen LogP contribution in [0, 0.1) is 0 Å². The molecule has 0 N–H and O–H groups in total. The number of rotatable bonds is 5. The van der Waals surface area contributed by atoms with E-state index in [1.807, 2.05) is 11.8 Å². The summed E-state index contributed by atoms with van der Waals surface area (Å²) in [4.78, 5) is 22.0. The molecule has 0 aromatic carbocycles. The van der Waals surface area contributed by atoms with Crippen LogP contribution in [0.2, 0.25) is 0 Å². The van der Waals surface area contributed by atoms with Crippen molar-refractivity contribution in [2.45, 2.75) is 32.0 Å². The van der Waals surface area contributed by atoms with E-state index in [2.05, 4.69) is 15.0 Å². The molecule has 2 aliphatic rings. The van der Waals surface area contributed by atoms with Gasteiger partial charge in [0.05, 0.1) is 24.6 Å². The van der Waals surface area contributed by atoms with Crippen LogP contribution in [0.4, 0.5) is 0 Å². The van der Waals surface area contributed by atoms with Gasteiger partial charge in [0.1, 0.15) is 0 Å². The fourth-order valence-electron chi connectivity index (χ4n) is 3.48. The average Bonchev–Trinajstić information content (AvgIpc) is 3.12. The van der Waals surface area contributed by atoms with Crippen molar-refractivity contribution in [1.82, 2.24) is 24.8 Å². The second-order valence-corrected chi connectivity index (χ2v) is 9.05. The van der Waals surface area contributed by atoms with Gasteiger partial charge in [-0.05, 0) is 0 Å². The Hall–Kier alpha value is -1.52. The molecule has 25 heavy (non-hydrogen) atoms. The molecule has 3 heterocycles. The lowest BCUT2D eigenvalue weighted by molar-refractivity contribution is -0.131. The minimum absolute atomic E-state index is 0.0118. The van der Waals surface area contributed by atoms with Gasteiger partial charge < -0.3 is 9.42 Å². The summed E-state index contributed by atoms with van der Waals surface area (Å²) in [6.45, 7) is 3.98. The molecule has 3 rings (SSSR count). The molecule has 140 valence electrons. The Kier molecular flexibility index (Phi) is 5.12. The molecule has 9 nitrogen and oxygen atoms in total. The number of nitrogens with zero attached hydrogens (tertiary/aromatic N) is 5. The van der Waals surface area contributed by atoms with Crippen LogP contribution < -0.4 is 0 Å². The Labute approximate surface area is 147 Å². The number of sulfone groups is 1. The van der Waals surface area contributed by atoms with Crippen LogP contribution in [0.15, 0.2) is 4.52 Å². The van der Waals surface area contributed by atoms with Crippen molar-refractivity contribution in [2.24, 2.45) is 0 Å². The molecule has 0 unspecified atom stereocenters. The van der Waals surface area contributed by atoms with Crippen LogP contribution >= 0.6 is 0 Å². The predicted molar refractivity (Wildman–Crippen MR) is 90.6 cm³/mol. The van der Waals surface area contributed by atoms with Crippen molar-refractivity contribution in [3.8, 4) is 0 Å². The summed E-state index contributed by atoms with van der Waals surface area (Å²) in [5, 5.41) is 3.97. The number of carbonyl (C=O) groups excluding carboxylic acids is 1. The van der Waals surface area contributed by atoms with E-state index in [0.717, 1.165) is 0 Å². The largest absolute Gasteiger partial charge is 0.348 e. The Balaban J connectivity index is 1.74. The highest BCUT2D eigenvalue weighted by Crippen LogP contribution is 2.27. The van der Waals surface area contributed by atoms with Gasteiger partial charge in [0, 0.05) is 45.7 Å². The summed E-state index contributed by atoms with van der Waals surface area (Å²) in [5.74, 6) is 1.37. The second kappa shape index (κ2) is 7.00. The molecule has 1 amide bonds. The van der Waals surface area contributed by atoms with Gasteiger partial charge in [-0.25, -0.2) is 8.42 Å². The highest BCUT2D eigenvalue weighted by Gasteiger charge is 2.47. The zero-order valence-electron chi connectivity index (χ0n) is 14.9. The first-order chi connectivity index (χ1) is 11.8. The molecular weight excluding hydrogens is 346 g/mol. The lowest BCUT2D eigenvalue weighted by Gasteiger charge is -2.43. The highest BCUT2D eigenvalue weighted by atomic mass is 32.2. The molecule has 1 aromatic rings. The molecular formula is C15H25N5O4S. The number of hydrogen-bond donors (Lipinski definition) is 0. The summed E-state index contributed by atoms with van der Waals surface area (Å²) >= 11 is 0. The van der Waals surface area contributed by atoms with Gasteiger partial charge in [-0.3, -0.25) is 14.6 Å². The number of likely N-dealkylation sites (N-methyl/N-ethyl adjacent to an activating group) is 1. The molecule has 2 aliphatic heterocycles. The molecule has 0 aliphatic carbocycles. The number of amides is 1. The van der Waals surface area contributed by atoms with E-state index in [0.29, 0.717) is 37.8 Å². The monoisotopic (exact) mass is 371 g/mol. The van der Waals surface area contributed by atoms with E-state index in [1.165, 1.54) is 4.90 Å². The van der Waals surface area contributed by atoms with Crippen LogP contribution in [0.3, 0.4) is 0 Å². The van der Waals surface area contributed by atoms with Gasteiger partial charge in [0.15, 0.2) is 15.7 Å². The number of fused-ring (bicyclic) bond motifs is 1. The van der Waals surface area contributed by atoms with Crippen molar-refractivity contribution in [2.75, 3.05) is 45.2 Å². The molecule has 0 spiro atoms. The first-order valence-corrected chi connectivity index (χ1v) is 10.3. The predicted octanol–water partition coefficient (Wildman–Crippen LogP) is -0.997. The fourth-order valence-corrected chi connectivity index (χ4v) is 5.53. The van der Waals surface area contributed by atoms with E-state index in [9.17, 15) is 13.2 Å². The van der Waals surface area contributed by atoms with Gasteiger partial charge in [0.2, 0.25) is 11.8 Å². The molecule has 10 heteroatoms. The lowest BCUT2D eigenvalue weighted by Crippen LogP contribution is -2.60. The SMILES string of the molecule is CCc1nc(CN2CCN(CC(=O)N(C)C)[C@@H]3CS(=O)(=O)C[C@@H]32)no1. The molecule has 2 fully saturated rings. The summed E-state index contributed by atoms with van der Waals surface area (Å²) in [6, 6.07) is -0.308. The minimum Gasteiger partial charge on any atom is -0.348 e. The molecule has 1 aromatic heterocycles. The molecule has 0 bridgehead atoms. The van der Waals surface area contributed by atoms with Gasteiger partial charge in [-0.15, -0.1) is 0 Å². The topological polar surface area (TPSA) is 99.9 Å². The fraction of sp³-hybridized carbons (Fsp3) is 0.800. The number of hydrogen-bond acceptors (Lipinski definition) is 8. The van der Waals surface area contributed by atoms with Gasteiger partial charge >= 0.3 is 0 Å². The summed E-state index contributed by atoms with van der Waals surface area (Å²) in [5.41, 5.74) is 0. The Morgan fingerprint density at radius 1 is 1.24 bits per heavy atom. The maximum Gasteiger partial charge on any atom is 0.236 e. The average molecular weight is 371 g/mol. The van der Waals surface area contributed by atoms with E-state index < -0.39 is 9.84 Å². The van der Waals surface area contributed by atoms with Crippen molar-refractivity contribution in [3.05, 3.63) is 11.7 Å². The second-order valence-electron chi connectivity index (χ2n) is 6.90. The number of carbonyl (C=O) groups is 1. The third kappa shape index (κ3) is 4.01. The maximum absolute atomic E-state index is 12.2. The van der Waals surface area contributed by atoms with Crippen LogP contribution in [-0.2, 0) is 27.6 Å². The number of aryl methyl sites for hydroxylation is 1. The molecule has 2 saturated heterocycles. The zero-order chi connectivity index (χ0) is 18.2. The Morgan fingerprint density at radius 3 is 2.48 bits per heavy atom. The van der Waals surface area contributed by atoms with Gasteiger partial charge in [-0.1, -0.05) is 12.1 Å². The summed E-state index contributed by atoms with van der Waals surface area (Å²) in [7, 11) is 0.308. The highest BCUT2D eigenvalue weighted by molar-refractivity contribution is 7.91. The van der Waals surface area contributed by atoms with Crippen LogP contribution in [-0.4, -0.2) is 96.5 Å². The Morgan fingerprint density at radius 2 is 1.88 bits per heavy atom. The quantitative estimate of drug-likeness (QED) is 0.650. The normalized spacial score (nSPS) is 26.5. The van der Waals surface area contributed by atoms with Crippen molar-refractivity contribution in [3.63, 3.8) is 0 Å². The third-order valence-electron chi connectivity index (χ3n) is 4.90. The summed E-state index contributed by atoms with van der Waals surface area (Å²) in [6.07, 6.45) is 0.674. The van der Waals surface area contributed by atoms with Crippen molar-refractivity contribution < 1.29 is 17.7 Å². The maximum atomic E-state index is 12.2. The van der Waals surface area contributed by atoms with E-state index >= 15 is 0 Å². The van der Waals surface area contributed by atoms with E-state index in [-0.39, 0.29) is 36.0 Å². The number of aromatic nitrogens is 2. The van der Waals surface area contributed by atoms with Gasteiger partial charge in [-0.2, -0.15) is 4.98 Å². The summed E-state index contributed by atoms with van der Waals surface area (Å²) < 4.78 is 29.6. The van der Waals surface area contributed by atoms with Crippen molar-refractivity contribution >= 4 is 15.7 Å². The standard InChI is InChI=1S/C15H25N5O4S/c1-4-14-16-13(17-24-14)7-19-5-6-20(8-15(21)18(2)3)12-10-25(22,23)9-11(12)19/h11-12H,4-10H2,1-3H3/t11-,12+/m0/s1. The molecule has 0 radical (unpaired) electrons. The smallest absolute Gasteiger partial charge is 0.236 e. The Bertz CT molecular complexity index is 732. The van der Waals surface area contributed by atoms with Gasteiger partial charge in [0.25, 0.3) is 0 Å².